The van der Waals surface area contributed by atoms with Crippen molar-refractivity contribution in [3.8, 4) is 11.5 Å². The van der Waals surface area contributed by atoms with Crippen LogP contribution in [-0.2, 0) is 20.9 Å². The molecule has 0 radical (unpaired) electrons. The van der Waals surface area contributed by atoms with Crippen molar-refractivity contribution in [1.82, 2.24) is 5.32 Å². The zero-order valence-electron chi connectivity index (χ0n) is 19.8. The molecule has 1 atom stereocenters. The Morgan fingerprint density at radius 3 is 2.51 bits per heavy atom. The van der Waals surface area contributed by atoms with Gasteiger partial charge in [0.25, 0.3) is 5.69 Å². The maximum absolute atomic E-state index is 13.0. The number of nitro groups is 1. The number of hydrogen-bond acceptors (Lipinski definition) is 8. The second-order valence-corrected chi connectivity index (χ2v) is 8.38. The zero-order chi connectivity index (χ0) is 25.1. The number of nitrogens with one attached hydrogen (secondary N) is 1. The van der Waals surface area contributed by atoms with Gasteiger partial charge in [-0.1, -0.05) is 6.07 Å². The van der Waals surface area contributed by atoms with Gasteiger partial charge in [0.05, 0.1) is 24.7 Å². The van der Waals surface area contributed by atoms with Gasteiger partial charge >= 0.3 is 5.97 Å². The Morgan fingerprint density at radius 1 is 1.11 bits per heavy atom. The highest BCUT2D eigenvalue weighted by molar-refractivity contribution is 6.03. The van der Waals surface area contributed by atoms with Crippen molar-refractivity contribution < 1.29 is 28.7 Å². The normalized spacial score (nSPS) is 17.5. The lowest BCUT2D eigenvalue weighted by atomic mass is 9.75. The Kier molecular flexibility index (Phi) is 6.86. The molecule has 9 heteroatoms. The molecule has 0 bridgehead atoms. The first kappa shape index (κ1) is 24.0. The second kappa shape index (κ2) is 10.0. The van der Waals surface area contributed by atoms with E-state index < -0.39 is 16.8 Å². The summed E-state index contributed by atoms with van der Waals surface area (Å²) in [5, 5.41) is 14.1. The van der Waals surface area contributed by atoms with Crippen molar-refractivity contribution in [2.24, 2.45) is 0 Å². The van der Waals surface area contributed by atoms with E-state index in [-0.39, 0.29) is 18.1 Å². The number of Topliss-reactive ketones (excluding diaryl/α,β-unsaturated/α-hetero) is 1. The molecule has 182 valence electrons. The molecule has 0 fully saturated rings. The van der Waals surface area contributed by atoms with Crippen LogP contribution in [0.15, 0.2) is 65.0 Å². The van der Waals surface area contributed by atoms with E-state index >= 15 is 0 Å². The molecule has 2 aromatic carbocycles. The maximum atomic E-state index is 13.0. The number of carbonyl (C=O) groups is 2. The van der Waals surface area contributed by atoms with Gasteiger partial charge in [-0.15, -0.1) is 0 Å². The number of allylic oxidation sites excluding steroid dienone is 3. The van der Waals surface area contributed by atoms with Crippen LogP contribution in [0.2, 0.25) is 0 Å². The monoisotopic (exact) mass is 478 g/mol. The fraction of sp³-hybridized carbons (Fsp3) is 0.308. The summed E-state index contributed by atoms with van der Waals surface area (Å²) in [6.45, 7) is 1.99. The number of rotatable bonds is 7. The number of nitro benzene ring substituents is 1. The van der Waals surface area contributed by atoms with Gasteiger partial charge in [-0.3, -0.25) is 14.9 Å². The standard InChI is InChI=1S/C26H26N2O7/c1-15-23(26(30)34-3)24(25-19(27-15)5-4-6-20(25)29)17-9-12-21(22(13-17)33-2)35-14-16-7-10-18(11-8-16)28(31)32/h7-13,24,27H,4-6,14H2,1-3H3/t24-/m0/s1. The molecule has 0 unspecified atom stereocenters. The van der Waals surface area contributed by atoms with Crippen LogP contribution in [0.3, 0.4) is 0 Å². The largest absolute Gasteiger partial charge is 0.493 e. The van der Waals surface area contributed by atoms with Gasteiger partial charge in [-0.2, -0.15) is 0 Å². The first-order valence-corrected chi connectivity index (χ1v) is 11.2. The van der Waals surface area contributed by atoms with E-state index in [2.05, 4.69) is 5.32 Å². The number of esters is 1. The minimum atomic E-state index is -0.580. The van der Waals surface area contributed by atoms with Crippen LogP contribution in [0.25, 0.3) is 0 Å². The van der Waals surface area contributed by atoms with Gasteiger partial charge in [0, 0.05) is 41.4 Å². The Labute approximate surface area is 202 Å². The minimum absolute atomic E-state index is 0.00773. The number of dihydropyridines is 1. The highest BCUT2D eigenvalue weighted by atomic mass is 16.6. The second-order valence-electron chi connectivity index (χ2n) is 8.38. The van der Waals surface area contributed by atoms with Crippen molar-refractivity contribution in [3.63, 3.8) is 0 Å². The van der Waals surface area contributed by atoms with Gasteiger partial charge in [0.15, 0.2) is 17.3 Å². The summed E-state index contributed by atoms with van der Waals surface area (Å²) in [4.78, 5) is 36.1. The first-order valence-electron chi connectivity index (χ1n) is 11.2. The Hall–Kier alpha value is -4.14. The van der Waals surface area contributed by atoms with Crippen LogP contribution in [0.4, 0.5) is 5.69 Å². The van der Waals surface area contributed by atoms with Crippen molar-refractivity contribution >= 4 is 17.4 Å². The molecule has 9 nitrogen and oxygen atoms in total. The van der Waals surface area contributed by atoms with E-state index in [0.29, 0.717) is 40.3 Å². The van der Waals surface area contributed by atoms with Crippen LogP contribution in [0.1, 0.15) is 43.2 Å². The molecule has 0 amide bonds. The average Bonchev–Trinajstić information content (AvgIpc) is 2.86. The van der Waals surface area contributed by atoms with E-state index in [1.165, 1.54) is 26.4 Å². The smallest absolute Gasteiger partial charge is 0.336 e. The van der Waals surface area contributed by atoms with E-state index in [9.17, 15) is 19.7 Å². The molecule has 0 spiro atoms. The highest BCUT2D eigenvalue weighted by Crippen LogP contribution is 2.44. The summed E-state index contributed by atoms with van der Waals surface area (Å²) in [6, 6.07) is 11.4. The van der Waals surface area contributed by atoms with Crippen molar-refractivity contribution in [3.05, 3.63) is 86.2 Å². The predicted octanol–water partition coefficient (Wildman–Crippen LogP) is 4.32. The molecular weight excluding hydrogens is 452 g/mol. The van der Waals surface area contributed by atoms with Gasteiger partial charge in [0.1, 0.15) is 6.61 Å². The third-order valence-corrected chi connectivity index (χ3v) is 6.24. The number of methoxy groups -OCH3 is 2. The number of ether oxygens (including phenoxy) is 3. The van der Waals surface area contributed by atoms with E-state index in [1.54, 1.807) is 31.2 Å². The fourth-order valence-electron chi connectivity index (χ4n) is 4.56. The van der Waals surface area contributed by atoms with Crippen molar-refractivity contribution in [2.45, 2.75) is 38.7 Å². The lowest BCUT2D eigenvalue weighted by Gasteiger charge is -2.34. The number of nitrogens with zero attached hydrogens (tertiary/aromatic N) is 1. The summed E-state index contributed by atoms with van der Waals surface area (Å²) in [5.74, 6) is -0.162. The number of ketones is 1. The molecule has 2 aliphatic rings. The predicted molar refractivity (Wildman–Crippen MR) is 127 cm³/mol. The number of benzene rings is 2. The van der Waals surface area contributed by atoms with E-state index in [0.717, 1.165) is 24.1 Å². The van der Waals surface area contributed by atoms with E-state index in [1.807, 2.05) is 6.07 Å². The van der Waals surface area contributed by atoms with Crippen LogP contribution >= 0.6 is 0 Å². The highest BCUT2D eigenvalue weighted by Gasteiger charge is 2.39. The summed E-state index contributed by atoms with van der Waals surface area (Å²) in [5.41, 5.74) is 3.96. The fourth-order valence-corrected chi connectivity index (χ4v) is 4.56. The molecule has 0 aromatic heterocycles. The summed E-state index contributed by atoms with van der Waals surface area (Å²) in [6.07, 6.45) is 1.92. The van der Waals surface area contributed by atoms with Crippen LogP contribution < -0.4 is 14.8 Å². The molecule has 1 aliphatic heterocycles. The molecule has 0 saturated carbocycles. The van der Waals surface area contributed by atoms with Crippen molar-refractivity contribution in [2.75, 3.05) is 14.2 Å². The lowest BCUT2D eigenvalue weighted by molar-refractivity contribution is -0.384. The average molecular weight is 479 g/mol. The summed E-state index contributed by atoms with van der Waals surface area (Å²) in [7, 11) is 2.83. The number of carbonyl (C=O) groups excluding carboxylic acids is 2. The van der Waals surface area contributed by atoms with Gasteiger partial charge < -0.3 is 19.5 Å². The van der Waals surface area contributed by atoms with Crippen LogP contribution in [-0.4, -0.2) is 30.9 Å². The summed E-state index contributed by atoms with van der Waals surface area (Å²) >= 11 is 0. The molecule has 1 N–H and O–H groups in total. The topological polar surface area (TPSA) is 117 Å². The first-order chi connectivity index (χ1) is 16.8. The molecule has 4 rings (SSSR count). The summed E-state index contributed by atoms with van der Waals surface area (Å²) < 4.78 is 16.5. The van der Waals surface area contributed by atoms with Crippen LogP contribution in [0.5, 0.6) is 11.5 Å². The molecule has 0 saturated heterocycles. The lowest BCUT2D eigenvalue weighted by Crippen LogP contribution is -2.34. The third-order valence-electron chi connectivity index (χ3n) is 6.24. The molecule has 35 heavy (non-hydrogen) atoms. The van der Waals surface area contributed by atoms with Gasteiger partial charge in [0.2, 0.25) is 0 Å². The van der Waals surface area contributed by atoms with Crippen molar-refractivity contribution in [1.29, 1.82) is 0 Å². The number of hydrogen-bond donors (Lipinski definition) is 1. The molecule has 1 aliphatic carbocycles. The maximum Gasteiger partial charge on any atom is 0.336 e. The molecular formula is C26H26N2O7. The quantitative estimate of drug-likeness (QED) is 0.355. The zero-order valence-corrected chi connectivity index (χ0v) is 19.8. The molecule has 1 heterocycles. The van der Waals surface area contributed by atoms with E-state index in [4.69, 9.17) is 14.2 Å². The Balaban J connectivity index is 1.67. The molecule has 2 aromatic rings. The SMILES string of the molecule is COC(=O)C1=C(C)NC2=C(C(=O)CCC2)[C@H]1c1ccc(OCc2ccc([N+](=O)[O-])cc2)c(OC)c1. The number of non-ortho nitro benzene ring substituents is 1. The van der Waals surface area contributed by atoms with Gasteiger partial charge in [-0.25, -0.2) is 4.79 Å². The Bertz CT molecular complexity index is 1240. The minimum Gasteiger partial charge on any atom is -0.493 e. The Morgan fingerprint density at radius 2 is 1.86 bits per heavy atom. The van der Waals surface area contributed by atoms with Crippen LogP contribution in [0, 0.1) is 10.1 Å². The van der Waals surface area contributed by atoms with Gasteiger partial charge in [-0.05, 0) is 55.2 Å². The third kappa shape index (κ3) is 4.75.